The highest BCUT2D eigenvalue weighted by Crippen LogP contribution is 2.28. The first-order chi connectivity index (χ1) is 10.2. The molecule has 1 aliphatic rings. The number of amides is 1. The van der Waals surface area contributed by atoms with E-state index in [-0.39, 0.29) is 5.91 Å². The number of carbonyl (C=O) groups excluding carboxylic acids is 1. The second-order valence-corrected chi connectivity index (χ2v) is 5.94. The Kier molecular flexibility index (Phi) is 3.70. The molecule has 0 saturated carbocycles. The Labute approximate surface area is 126 Å². The van der Waals surface area contributed by atoms with Crippen LogP contribution in [0.25, 0.3) is 0 Å². The number of thiazole rings is 1. The van der Waals surface area contributed by atoms with Gasteiger partial charge >= 0.3 is 0 Å². The number of rotatable bonds is 1. The van der Waals surface area contributed by atoms with Gasteiger partial charge in [-0.25, -0.2) is 4.98 Å². The number of oxime groups is 1. The van der Waals surface area contributed by atoms with Crippen LogP contribution >= 0.6 is 11.3 Å². The number of hydrogen-bond donors (Lipinski definition) is 1. The second-order valence-electron chi connectivity index (χ2n) is 4.88. The van der Waals surface area contributed by atoms with Crippen molar-refractivity contribution in [3.8, 4) is 0 Å². The lowest BCUT2D eigenvalue weighted by molar-refractivity contribution is 0.0982. The SMILES string of the molecule is Cc1nc(C(=O)N2CCC/C(=N/O)c3ccccc32)cs1. The number of para-hydroxylation sites is 1. The normalized spacial score (nSPS) is 16.6. The van der Waals surface area contributed by atoms with E-state index in [1.165, 1.54) is 11.3 Å². The van der Waals surface area contributed by atoms with Crippen molar-refractivity contribution in [2.45, 2.75) is 19.8 Å². The van der Waals surface area contributed by atoms with Gasteiger partial charge in [-0.05, 0) is 25.8 Å². The fourth-order valence-electron chi connectivity index (χ4n) is 2.53. The second kappa shape index (κ2) is 5.65. The minimum atomic E-state index is -0.106. The summed E-state index contributed by atoms with van der Waals surface area (Å²) in [5, 5.41) is 15.2. The molecule has 5 nitrogen and oxygen atoms in total. The molecule has 1 N–H and O–H groups in total. The van der Waals surface area contributed by atoms with Gasteiger partial charge in [0.1, 0.15) is 5.69 Å². The van der Waals surface area contributed by atoms with E-state index in [0.717, 1.165) is 22.7 Å². The topological polar surface area (TPSA) is 65.8 Å². The molecule has 3 rings (SSSR count). The Morgan fingerprint density at radius 3 is 2.95 bits per heavy atom. The molecule has 108 valence electrons. The number of aryl methyl sites for hydroxylation is 1. The third-order valence-corrected chi connectivity index (χ3v) is 4.28. The lowest BCUT2D eigenvalue weighted by atomic mass is 10.1. The first-order valence-electron chi connectivity index (χ1n) is 6.75. The highest BCUT2D eigenvalue weighted by atomic mass is 32.1. The molecule has 0 atom stereocenters. The monoisotopic (exact) mass is 301 g/mol. The Morgan fingerprint density at radius 1 is 1.43 bits per heavy atom. The molecule has 1 amide bonds. The summed E-state index contributed by atoms with van der Waals surface area (Å²) in [6.45, 7) is 2.47. The molecule has 0 fully saturated rings. The number of hydrogen-bond acceptors (Lipinski definition) is 5. The van der Waals surface area contributed by atoms with Crippen LogP contribution in [0.3, 0.4) is 0 Å². The Morgan fingerprint density at radius 2 is 2.24 bits per heavy atom. The molecule has 2 aromatic rings. The van der Waals surface area contributed by atoms with Crippen molar-refractivity contribution < 1.29 is 10.0 Å². The number of carbonyl (C=O) groups is 1. The molecule has 0 unspecified atom stereocenters. The van der Waals surface area contributed by atoms with E-state index in [1.54, 1.807) is 10.3 Å². The highest BCUT2D eigenvalue weighted by Gasteiger charge is 2.26. The maximum atomic E-state index is 12.7. The number of anilines is 1. The Bertz CT molecular complexity index is 708. The summed E-state index contributed by atoms with van der Waals surface area (Å²) in [6.07, 6.45) is 1.40. The van der Waals surface area contributed by atoms with Crippen LogP contribution in [0.15, 0.2) is 34.8 Å². The lowest BCUT2D eigenvalue weighted by Gasteiger charge is -2.21. The predicted octanol–water partition coefficient (Wildman–Crippen LogP) is 3.07. The molecule has 1 aliphatic heterocycles. The summed E-state index contributed by atoms with van der Waals surface area (Å²) in [6, 6.07) is 7.52. The van der Waals surface area contributed by atoms with E-state index in [0.29, 0.717) is 24.4 Å². The van der Waals surface area contributed by atoms with Gasteiger partial charge in [0.15, 0.2) is 0 Å². The van der Waals surface area contributed by atoms with Crippen molar-refractivity contribution >= 4 is 28.6 Å². The summed E-state index contributed by atoms with van der Waals surface area (Å²) in [5.74, 6) is -0.106. The quantitative estimate of drug-likeness (QED) is 0.650. The van der Waals surface area contributed by atoms with Crippen LogP contribution in [-0.4, -0.2) is 28.4 Å². The van der Waals surface area contributed by atoms with Crippen LogP contribution in [0.2, 0.25) is 0 Å². The lowest BCUT2D eigenvalue weighted by Crippen LogP contribution is -2.32. The summed E-state index contributed by atoms with van der Waals surface area (Å²) in [4.78, 5) is 18.7. The van der Waals surface area contributed by atoms with Crippen molar-refractivity contribution in [3.05, 3.63) is 45.9 Å². The smallest absolute Gasteiger partial charge is 0.277 e. The summed E-state index contributed by atoms with van der Waals surface area (Å²) < 4.78 is 0. The molecule has 0 saturated heterocycles. The van der Waals surface area contributed by atoms with Gasteiger partial charge in [-0.15, -0.1) is 11.3 Å². The Hall–Kier alpha value is -2.21. The van der Waals surface area contributed by atoms with Crippen molar-refractivity contribution in [2.75, 3.05) is 11.4 Å². The average Bonchev–Trinajstić information content (AvgIpc) is 2.84. The molecule has 0 radical (unpaired) electrons. The minimum absolute atomic E-state index is 0.106. The first kappa shape index (κ1) is 13.8. The zero-order chi connectivity index (χ0) is 14.8. The minimum Gasteiger partial charge on any atom is -0.411 e. The van der Waals surface area contributed by atoms with Gasteiger partial charge in [-0.3, -0.25) is 4.79 Å². The molecule has 0 spiro atoms. The molecular weight excluding hydrogens is 286 g/mol. The first-order valence-corrected chi connectivity index (χ1v) is 7.63. The zero-order valence-corrected chi connectivity index (χ0v) is 12.4. The van der Waals surface area contributed by atoms with Gasteiger partial charge < -0.3 is 10.1 Å². The van der Waals surface area contributed by atoms with Gasteiger partial charge in [-0.2, -0.15) is 0 Å². The highest BCUT2D eigenvalue weighted by molar-refractivity contribution is 7.09. The summed E-state index contributed by atoms with van der Waals surface area (Å²) in [7, 11) is 0. The number of fused-ring (bicyclic) bond motifs is 1. The maximum absolute atomic E-state index is 12.7. The van der Waals surface area contributed by atoms with Crippen LogP contribution in [0.1, 0.15) is 33.9 Å². The fourth-order valence-corrected chi connectivity index (χ4v) is 3.11. The van der Waals surface area contributed by atoms with Crippen LogP contribution in [0.4, 0.5) is 5.69 Å². The van der Waals surface area contributed by atoms with Crippen molar-refractivity contribution in [3.63, 3.8) is 0 Å². The standard InChI is InChI=1S/C15H15N3O2S/c1-10-16-13(9-21-10)15(19)18-8-4-6-12(17-20)11-5-2-3-7-14(11)18/h2-3,5,7,9,20H,4,6,8H2,1H3/b17-12-. The maximum Gasteiger partial charge on any atom is 0.277 e. The molecule has 6 heteroatoms. The van der Waals surface area contributed by atoms with Gasteiger partial charge in [0, 0.05) is 17.5 Å². The van der Waals surface area contributed by atoms with E-state index in [9.17, 15) is 10.0 Å². The molecule has 2 heterocycles. The molecule has 0 bridgehead atoms. The molecule has 1 aromatic carbocycles. The third kappa shape index (κ3) is 2.54. The van der Waals surface area contributed by atoms with Crippen molar-refractivity contribution in [1.29, 1.82) is 0 Å². The van der Waals surface area contributed by atoms with Gasteiger partial charge in [0.05, 0.1) is 16.4 Å². The van der Waals surface area contributed by atoms with Crippen LogP contribution < -0.4 is 4.90 Å². The van der Waals surface area contributed by atoms with Crippen molar-refractivity contribution in [1.82, 2.24) is 4.98 Å². The summed E-state index contributed by atoms with van der Waals surface area (Å²) >= 11 is 1.47. The third-order valence-electron chi connectivity index (χ3n) is 3.51. The van der Waals surface area contributed by atoms with Crippen LogP contribution in [-0.2, 0) is 0 Å². The number of nitrogens with zero attached hydrogens (tertiary/aromatic N) is 3. The molecular formula is C15H15N3O2S. The number of benzene rings is 1. The van der Waals surface area contributed by atoms with Crippen LogP contribution in [0, 0.1) is 6.92 Å². The predicted molar refractivity (Wildman–Crippen MR) is 82.5 cm³/mol. The van der Waals surface area contributed by atoms with Crippen molar-refractivity contribution in [2.24, 2.45) is 5.16 Å². The van der Waals surface area contributed by atoms with Gasteiger partial charge in [-0.1, -0.05) is 23.4 Å². The largest absolute Gasteiger partial charge is 0.411 e. The van der Waals surface area contributed by atoms with E-state index >= 15 is 0 Å². The van der Waals surface area contributed by atoms with E-state index < -0.39 is 0 Å². The summed E-state index contributed by atoms with van der Waals surface area (Å²) in [5.41, 5.74) is 2.67. The van der Waals surface area contributed by atoms with E-state index in [1.807, 2.05) is 31.2 Å². The number of aromatic nitrogens is 1. The molecule has 1 aromatic heterocycles. The van der Waals surface area contributed by atoms with Gasteiger partial charge in [0.2, 0.25) is 0 Å². The molecule has 0 aliphatic carbocycles. The van der Waals surface area contributed by atoms with E-state index in [2.05, 4.69) is 10.1 Å². The molecule has 21 heavy (non-hydrogen) atoms. The van der Waals surface area contributed by atoms with Crippen LogP contribution in [0.5, 0.6) is 0 Å². The average molecular weight is 301 g/mol. The van der Waals surface area contributed by atoms with E-state index in [4.69, 9.17) is 0 Å². The van der Waals surface area contributed by atoms with Gasteiger partial charge in [0.25, 0.3) is 5.91 Å². The fraction of sp³-hybridized carbons (Fsp3) is 0.267. The Balaban J connectivity index is 2.04. The zero-order valence-electron chi connectivity index (χ0n) is 11.6.